The van der Waals surface area contributed by atoms with Crippen molar-refractivity contribution in [2.45, 2.75) is 33.0 Å². The van der Waals surface area contributed by atoms with E-state index < -0.39 is 0 Å². The smallest absolute Gasteiger partial charge is 0.309 e. The lowest BCUT2D eigenvalue weighted by atomic mass is 9.96. The van der Waals surface area contributed by atoms with Crippen LogP contribution in [0.3, 0.4) is 0 Å². The summed E-state index contributed by atoms with van der Waals surface area (Å²) in [6, 6.07) is 30.0. The van der Waals surface area contributed by atoms with Gasteiger partial charge in [0.05, 0.1) is 25.3 Å². The first-order chi connectivity index (χ1) is 20.1. The molecule has 0 N–H and O–H groups in total. The fourth-order valence-corrected chi connectivity index (χ4v) is 5.01. The summed E-state index contributed by atoms with van der Waals surface area (Å²) in [4.78, 5) is 19.2. The van der Waals surface area contributed by atoms with Crippen molar-refractivity contribution in [3.05, 3.63) is 102 Å². The van der Waals surface area contributed by atoms with E-state index in [4.69, 9.17) is 23.9 Å². The SMILES string of the molecule is CCOC(=O)C1CCN(c2ccc(-c3ccc(OCc4ccccc4)nc3OCc3ccccc3)cc2OC)CC1. The number of aromatic nitrogens is 1. The quantitative estimate of drug-likeness (QED) is 0.192. The number of benzene rings is 3. The molecule has 1 saturated heterocycles. The number of carbonyl (C=O) groups excluding carboxylic acids is 1. The van der Waals surface area contributed by atoms with Gasteiger partial charge in [-0.25, -0.2) is 0 Å². The Kier molecular flexibility index (Phi) is 9.37. The second kappa shape index (κ2) is 13.7. The molecule has 7 nitrogen and oxygen atoms in total. The summed E-state index contributed by atoms with van der Waals surface area (Å²) in [5.74, 6) is 1.60. The molecule has 1 aromatic heterocycles. The van der Waals surface area contributed by atoms with E-state index in [1.54, 1.807) is 7.11 Å². The second-order valence-corrected chi connectivity index (χ2v) is 9.95. The summed E-state index contributed by atoms with van der Waals surface area (Å²) in [7, 11) is 1.68. The Hall–Kier alpha value is -4.52. The number of piperidine rings is 1. The maximum atomic E-state index is 12.2. The maximum Gasteiger partial charge on any atom is 0.309 e. The molecule has 1 fully saturated rings. The van der Waals surface area contributed by atoms with Gasteiger partial charge in [-0.05, 0) is 54.7 Å². The van der Waals surface area contributed by atoms with Crippen molar-refractivity contribution in [3.8, 4) is 28.6 Å². The van der Waals surface area contributed by atoms with E-state index in [0.29, 0.717) is 31.6 Å². The lowest BCUT2D eigenvalue weighted by Gasteiger charge is -2.33. The average molecular weight is 553 g/mol. The van der Waals surface area contributed by atoms with Crippen LogP contribution in [0.5, 0.6) is 17.5 Å². The summed E-state index contributed by atoms with van der Waals surface area (Å²) in [6.07, 6.45) is 1.52. The van der Waals surface area contributed by atoms with Crippen LogP contribution >= 0.6 is 0 Å². The van der Waals surface area contributed by atoms with Crippen LogP contribution in [0.15, 0.2) is 91.0 Å². The molecule has 2 heterocycles. The Labute approximate surface area is 241 Å². The topological polar surface area (TPSA) is 70.1 Å². The van der Waals surface area contributed by atoms with Crippen molar-refractivity contribution in [2.75, 3.05) is 31.7 Å². The number of ether oxygens (including phenoxy) is 4. The van der Waals surface area contributed by atoms with Gasteiger partial charge in [0.25, 0.3) is 0 Å². The van der Waals surface area contributed by atoms with Gasteiger partial charge < -0.3 is 23.8 Å². The summed E-state index contributed by atoms with van der Waals surface area (Å²) in [5.41, 5.74) is 4.89. The Morgan fingerprint density at radius 3 is 2.15 bits per heavy atom. The van der Waals surface area contributed by atoms with E-state index in [0.717, 1.165) is 59.6 Å². The fraction of sp³-hybridized carbons (Fsp3) is 0.294. The van der Waals surface area contributed by atoms with Crippen LogP contribution in [-0.2, 0) is 22.7 Å². The van der Waals surface area contributed by atoms with Gasteiger partial charge >= 0.3 is 5.97 Å². The van der Waals surface area contributed by atoms with Crippen molar-refractivity contribution in [2.24, 2.45) is 5.92 Å². The largest absolute Gasteiger partial charge is 0.495 e. The van der Waals surface area contributed by atoms with Gasteiger partial charge in [0.2, 0.25) is 11.8 Å². The Morgan fingerprint density at radius 2 is 1.51 bits per heavy atom. The van der Waals surface area contributed by atoms with Gasteiger partial charge in [0, 0.05) is 24.7 Å². The lowest BCUT2D eigenvalue weighted by Crippen LogP contribution is -2.37. The van der Waals surface area contributed by atoms with Gasteiger partial charge in [-0.3, -0.25) is 4.79 Å². The molecule has 212 valence electrons. The van der Waals surface area contributed by atoms with Crippen LogP contribution in [-0.4, -0.2) is 37.8 Å². The first kappa shape index (κ1) is 28.0. The first-order valence-electron chi connectivity index (χ1n) is 14.1. The second-order valence-electron chi connectivity index (χ2n) is 9.95. The summed E-state index contributed by atoms with van der Waals surface area (Å²) >= 11 is 0. The zero-order valence-electron chi connectivity index (χ0n) is 23.6. The number of hydrogen-bond acceptors (Lipinski definition) is 7. The van der Waals surface area contributed by atoms with Crippen LogP contribution in [0, 0.1) is 5.92 Å². The molecule has 0 atom stereocenters. The van der Waals surface area contributed by atoms with Crippen LogP contribution in [0.4, 0.5) is 5.69 Å². The van der Waals surface area contributed by atoms with Gasteiger partial charge in [0.1, 0.15) is 19.0 Å². The van der Waals surface area contributed by atoms with Crippen LogP contribution < -0.4 is 19.1 Å². The first-order valence-corrected chi connectivity index (χ1v) is 14.1. The third-order valence-corrected chi connectivity index (χ3v) is 7.23. The van der Waals surface area contributed by atoms with Crippen LogP contribution in [0.25, 0.3) is 11.1 Å². The number of methoxy groups -OCH3 is 1. The predicted molar refractivity (Wildman–Crippen MR) is 159 cm³/mol. The molecular weight excluding hydrogens is 516 g/mol. The highest BCUT2D eigenvalue weighted by Crippen LogP contribution is 2.38. The average Bonchev–Trinajstić information content (AvgIpc) is 3.03. The van der Waals surface area contributed by atoms with E-state index in [9.17, 15) is 4.79 Å². The molecule has 4 aromatic rings. The van der Waals surface area contributed by atoms with Gasteiger partial charge in [-0.2, -0.15) is 4.98 Å². The molecule has 0 aliphatic carbocycles. The van der Waals surface area contributed by atoms with Crippen molar-refractivity contribution >= 4 is 11.7 Å². The molecule has 41 heavy (non-hydrogen) atoms. The lowest BCUT2D eigenvalue weighted by molar-refractivity contribution is -0.148. The molecule has 5 rings (SSSR count). The van der Waals surface area contributed by atoms with Crippen molar-refractivity contribution in [3.63, 3.8) is 0 Å². The minimum absolute atomic E-state index is 0.0468. The standard InChI is InChI=1S/C34H36N2O5/c1-3-39-34(37)27-18-20-36(21-19-27)30-16-14-28(22-31(30)38-2)29-15-17-32(40-23-25-10-6-4-7-11-25)35-33(29)41-24-26-12-8-5-9-13-26/h4-17,22,27H,3,18-21,23-24H2,1-2H3. The highest BCUT2D eigenvalue weighted by Gasteiger charge is 2.27. The third kappa shape index (κ3) is 7.17. The summed E-state index contributed by atoms with van der Waals surface area (Å²) in [5, 5.41) is 0. The highest BCUT2D eigenvalue weighted by atomic mass is 16.5. The predicted octanol–water partition coefficient (Wildman–Crippen LogP) is 6.69. The molecule has 0 saturated carbocycles. The molecule has 3 aromatic carbocycles. The molecule has 0 spiro atoms. The fourth-order valence-electron chi connectivity index (χ4n) is 5.01. The van der Waals surface area contributed by atoms with Crippen molar-refractivity contribution in [1.82, 2.24) is 4.98 Å². The zero-order valence-corrected chi connectivity index (χ0v) is 23.6. The summed E-state index contributed by atoms with van der Waals surface area (Å²) in [6.45, 7) is 4.59. The third-order valence-electron chi connectivity index (χ3n) is 7.23. The monoisotopic (exact) mass is 552 g/mol. The number of nitrogens with zero attached hydrogens (tertiary/aromatic N) is 2. The summed E-state index contributed by atoms with van der Waals surface area (Å²) < 4.78 is 23.3. The number of anilines is 1. The minimum Gasteiger partial charge on any atom is -0.495 e. The highest BCUT2D eigenvalue weighted by molar-refractivity contribution is 5.76. The Bertz CT molecular complexity index is 1420. The van der Waals surface area contributed by atoms with E-state index in [-0.39, 0.29) is 11.9 Å². The van der Waals surface area contributed by atoms with Gasteiger partial charge in [0.15, 0.2) is 0 Å². The molecule has 0 amide bonds. The number of hydrogen-bond donors (Lipinski definition) is 0. The minimum atomic E-state index is -0.0961. The molecule has 1 aliphatic heterocycles. The van der Waals surface area contributed by atoms with Crippen LogP contribution in [0.2, 0.25) is 0 Å². The molecular formula is C34H36N2O5. The van der Waals surface area contributed by atoms with Gasteiger partial charge in [-0.15, -0.1) is 0 Å². The van der Waals surface area contributed by atoms with Crippen molar-refractivity contribution in [1.29, 1.82) is 0 Å². The maximum absolute atomic E-state index is 12.2. The van der Waals surface area contributed by atoms with E-state index >= 15 is 0 Å². The molecule has 0 unspecified atom stereocenters. The van der Waals surface area contributed by atoms with Crippen LogP contribution in [0.1, 0.15) is 30.9 Å². The normalized spacial score (nSPS) is 13.5. The Morgan fingerprint density at radius 1 is 0.854 bits per heavy atom. The van der Waals surface area contributed by atoms with E-state index in [1.165, 1.54) is 0 Å². The number of esters is 1. The Balaban J connectivity index is 1.37. The van der Waals surface area contributed by atoms with Gasteiger partial charge in [-0.1, -0.05) is 66.7 Å². The van der Waals surface area contributed by atoms with Crippen molar-refractivity contribution < 1.29 is 23.7 Å². The number of carbonyl (C=O) groups is 1. The molecule has 7 heteroatoms. The van der Waals surface area contributed by atoms with E-state index in [1.807, 2.05) is 85.8 Å². The number of pyridine rings is 1. The van der Waals surface area contributed by atoms with E-state index in [2.05, 4.69) is 17.0 Å². The molecule has 0 radical (unpaired) electrons. The number of rotatable bonds is 11. The molecule has 0 bridgehead atoms. The zero-order chi connectivity index (χ0) is 28.4. The molecule has 1 aliphatic rings.